The van der Waals surface area contributed by atoms with E-state index in [-0.39, 0.29) is 11.9 Å². The molecular formula is C24H21BrFN3O2. The van der Waals surface area contributed by atoms with Crippen LogP contribution in [0.5, 0.6) is 11.6 Å². The molecule has 1 aromatic carbocycles. The van der Waals surface area contributed by atoms with Gasteiger partial charge in [-0.3, -0.25) is 4.79 Å². The lowest BCUT2D eigenvalue weighted by Gasteiger charge is -2.25. The molecule has 158 valence electrons. The molecule has 31 heavy (non-hydrogen) atoms. The van der Waals surface area contributed by atoms with Crippen molar-refractivity contribution in [1.82, 2.24) is 15.3 Å². The molecule has 0 bridgehead atoms. The Morgan fingerprint density at radius 2 is 1.94 bits per heavy atom. The number of amides is 1. The van der Waals surface area contributed by atoms with Crippen molar-refractivity contribution in [1.29, 1.82) is 0 Å². The second-order valence-electron chi connectivity index (χ2n) is 7.41. The summed E-state index contributed by atoms with van der Waals surface area (Å²) in [4.78, 5) is 20.1. The summed E-state index contributed by atoms with van der Waals surface area (Å²) in [6.07, 6.45) is 8.70. The van der Waals surface area contributed by atoms with Crippen molar-refractivity contribution in [2.45, 2.75) is 31.7 Å². The number of nitrogens with one attached hydrogen (secondary N) is 1. The van der Waals surface area contributed by atoms with E-state index in [1.165, 1.54) is 23.9 Å². The van der Waals surface area contributed by atoms with Crippen LogP contribution in [0.2, 0.25) is 0 Å². The van der Waals surface area contributed by atoms with E-state index in [9.17, 15) is 9.18 Å². The van der Waals surface area contributed by atoms with Crippen LogP contribution >= 0.6 is 15.9 Å². The molecule has 1 aliphatic carbocycles. The molecule has 2 heterocycles. The first-order valence-electron chi connectivity index (χ1n) is 10.1. The Balaban J connectivity index is 1.33. The smallest absolute Gasteiger partial charge is 0.253 e. The summed E-state index contributed by atoms with van der Waals surface area (Å²) in [5.74, 6) is 0.474. The van der Waals surface area contributed by atoms with E-state index >= 15 is 0 Å². The predicted molar refractivity (Wildman–Crippen MR) is 120 cm³/mol. The molecule has 0 aliphatic heterocycles. The molecule has 0 spiro atoms. The van der Waals surface area contributed by atoms with Crippen LogP contribution in [-0.4, -0.2) is 21.9 Å². The summed E-state index contributed by atoms with van der Waals surface area (Å²) < 4.78 is 19.7. The summed E-state index contributed by atoms with van der Waals surface area (Å²) >= 11 is 3.36. The lowest BCUT2D eigenvalue weighted by Crippen LogP contribution is -2.36. The van der Waals surface area contributed by atoms with Crippen LogP contribution in [0.15, 0.2) is 71.0 Å². The summed E-state index contributed by atoms with van der Waals surface area (Å²) in [5.41, 5.74) is 2.79. The van der Waals surface area contributed by atoms with Gasteiger partial charge in [0.2, 0.25) is 11.8 Å². The average Bonchev–Trinajstić information content (AvgIpc) is 2.77. The molecule has 1 fully saturated rings. The monoisotopic (exact) mass is 481 g/mol. The Morgan fingerprint density at radius 1 is 1.10 bits per heavy atom. The van der Waals surface area contributed by atoms with Crippen LogP contribution in [0.3, 0.4) is 0 Å². The van der Waals surface area contributed by atoms with Crippen LogP contribution in [0.1, 0.15) is 41.6 Å². The van der Waals surface area contributed by atoms with Gasteiger partial charge in [0.15, 0.2) is 0 Å². The van der Waals surface area contributed by atoms with E-state index in [1.807, 2.05) is 36.4 Å². The van der Waals surface area contributed by atoms with Crippen LogP contribution in [-0.2, 0) is 0 Å². The lowest BCUT2D eigenvalue weighted by molar-refractivity contribution is 0.0930. The van der Waals surface area contributed by atoms with Crippen molar-refractivity contribution in [3.05, 3.63) is 88.0 Å². The van der Waals surface area contributed by atoms with Crippen LogP contribution in [0.4, 0.5) is 4.39 Å². The van der Waals surface area contributed by atoms with Gasteiger partial charge in [-0.15, -0.1) is 0 Å². The second kappa shape index (κ2) is 9.83. The second-order valence-corrected chi connectivity index (χ2v) is 8.32. The molecular weight excluding hydrogens is 461 g/mol. The Bertz CT molecular complexity index is 1070. The largest absolute Gasteiger partial charge is 0.439 e. The van der Waals surface area contributed by atoms with Crippen LogP contribution in [0.25, 0.3) is 6.08 Å². The molecule has 1 aliphatic rings. The number of nitrogens with zero attached hydrogens (tertiary/aromatic N) is 2. The predicted octanol–water partition coefficient (Wildman–Crippen LogP) is 5.93. The molecule has 0 saturated heterocycles. The third kappa shape index (κ3) is 5.98. The third-order valence-corrected chi connectivity index (χ3v) is 5.57. The zero-order valence-electron chi connectivity index (χ0n) is 16.7. The molecule has 7 heteroatoms. The van der Waals surface area contributed by atoms with E-state index < -0.39 is 5.95 Å². The average molecular weight is 482 g/mol. The van der Waals surface area contributed by atoms with Gasteiger partial charge < -0.3 is 10.1 Å². The van der Waals surface area contributed by atoms with Gasteiger partial charge in [0.05, 0.1) is 5.56 Å². The number of carbonyl (C=O) groups is 1. The number of hydrogen-bond donors (Lipinski definition) is 1. The molecule has 1 saturated carbocycles. The zero-order valence-corrected chi connectivity index (χ0v) is 18.3. The Labute approximate surface area is 188 Å². The van der Waals surface area contributed by atoms with Gasteiger partial charge >= 0.3 is 0 Å². The minimum absolute atomic E-state index is 0.104. The van der Waals surface area contributed by atoms with E-state index in [4.69, 9.17) is 4.74 Å². The molecule has 3 aromatic rings. The van der Waals surface area contributed by atoms with Gasteiger partial charge in [-0.05, 0) is 77.5 Å². The van der Waals surface area contributed by atoms with E-state index in [2.05, 4.69) is 37.3 Å². The molecule has 0 atom stereocenters. The number of carbonyl (C=O) groups excluding carboxylic acids is 1. The first-order chi connectivity index (χ1) is 15.0. The Kier molecular flexibility index (Phi) is 6.72. The van der Waals surface area contributed by atoms with E-state index in [1.54, 1.807) is 6.20 Å². The number of benzene rings is 1. The normalized spacial score (nSPS) is 15.9. The molecule has 1 N–H and O–H groups in total. The Morgan fingerprint density at radius 3 is 2.65 bits per heavy atom. The van der Waals surface area contributed by atoms with Crippen molar-refractivity contribution in [2.75, 3.05) is 0 Å². The number of aromatic nitrogens is 2. The fourth-order valence-corrected chi connectivity index (χ4v) is 3.74. The van der Waals surface area contributed by atoms with Crippen molar-refractivity contribution in [3.8, 4) is 11.6 Å². The van der Waals surface area contributed by atoms with Gasteiger partial charge in [0.25, 0.3) is 5.91 Å². The highest BCUT2D eigenvalue weighted by atomic mass is 79.9. The third-order valence-electron chi connectivity index (χ3n) is 5.10. The van der Waals surface area contributed by atoms with Crippen LogP contribution < -0.4 is 10.1 Å². The maximum Gasteiger partial charge on any atom is 0.253 e. The fraction of sp³-hybridized carbons (Fsp3) is 0.208. The quantitative estimate of drug-likeness (QED) is 0.458. The van der Waals surface area contributed by atoms with Crippen molar-refractivity contribution >= 4 is 27.9 Å². The van der Waals surface area contributed by atoms with E-state index in [0.717, 1.165) is 41.5 Å². The molecule has 0 radical (unpaired) electrons. The molecule has 4 rings (SSSR count). The van der Waals surface area contributed by atoms with Gasteiger partial charge in [-0.2, -0.15) is 4.39 Å². The van der Waals surface area contributed by atoms with Gasteiger partial charge in [0.1, 0.15) is 5.75 Å². The number of halogens is 2. The first kappa shape index (κ1) is 21.2. The van der Waals surface area contributed by atoms with E-state index in [0.29, 0.717) is 11.4 Å². The SMILES string of the molecule is O=C(NC1CCC(=Cc2cccc(Oc3ccc(Br)cn3)c2)CC1)c1ccc(F)nc1. The number of rotatable bonds is 5. The summed E-state index contributed by atoms with van der Waals surface area (Å²) in [6, 6.07) is 14.4. The maximum absolute atomic E-state index is 12.9. The minimum atomic E-state index is -0.591. The number of pyridine rings is 2. The molecule has 1 amide bonds. The highest BCUT2D eigenvalue weighted by Gasteiger charge is 2.19. The first-order valence-corrected chi connectivity index (χ1v) is 10.9. The van der Waals surface area contributed by atoms with Crippen molar-refractivity contribution in [3.63, 3.8) is 0 Å². The van der Waals surface area contributed by atoms with Gasteiger partial charge in [0, 0.05) is 29.0 Å². The topological polar surface area (TPSA) is 64.1 Å². The molecule has 0 unspecified atom stereocenters. The van der Waals surface area contributed by atoms with Crippen molar-refractivity contribution < 1.29 is 13.9 Å². The molecule has 5 nitrogen and oxygen atoms in total. The number of allylic oxidation sites excluding steroid dienone is 1. The maximum atomic E-state index is 12.9. The zero-order chi connectivity index (χ0) is 21.6. The summed E-state index contributed by atoms with van der Waals surface area (Å²) in [5, 5.41) is 3.02. The summed E-state index contributed by atoms with van der Waals surface area (Å²) in [6.45, 7) is 0. The number of hydrogen-bond acceptors (Lipinski definition) is 4. The Hall–Kier alpha value is -3.06. The number of ether oxygens (including phenoxy) is 1. The molecule has 2 aromatic heterocycles. The fourth-order valence-electron chi connectivity index (χ4n) is 3.50. The van der Waals surface area contributed by atoms with Crippen molar-refractivity contribution in [2.24, 2.45) is 0 Å². The standard InChI is InChI=1S/C24H21BrFN3O2/c25-19-7-11-23(28-15-19)31-21-3-1-2-17(13-21)12-16-4-8-20(9-5-16)29-24(30)18-6-10-22(26)27-14-18/h1-3,6-7,10-15,20H,4-5,8-9H2,(H,29,30). The summed E-state index contributed by atoms with van der Waals surface area (Å²) in [7, 11) is 0. The highest BCUT2D eigenvalue weighted by molar-refractivity contribution is 9.10. The highest BCUT2D eigenvalue weighted by Crippen LogP contribution is 2.28. The van der Waals surface area contributed by atoms with Gasteiger partial charge in [-0.1, -0.05) is 23.8 Å². The van der Waals surface area contributed by atoms with Gasteiger partial charge in [-0.25, -0.2) is 9.97 Å². The van der Waals surface area contributed by atoms with Crippen LogP contribution in [0, 0.1) is 5.95 Å². The lowest BCUT2D eigenvalue weighted by atomic mass is 9.89. The minimum Gasteiger partial charge on any atom is -0.439 e.